The van der Waals surface area contributed by atoms with E-state index in [1.807, 2.05) is 47.8 Å². The maximum atomic E-state index is 10.9. The Kier molecular flexibility index (Phi) is 16.4. The van der Waals surface area contributed by atoms with Crippen molar-refractivity contribution in [1.29, 1.82) is 0 Å². The Labute approximate surface area is 277 Å². The largest absolute Gasteiger partial charge is 0.478 e. The van der Waals surface area contributed by atoms with Crippen LogP contribution in [0.3, 0.4) is 0 Å². The van der Waals surface area contributed by atoms with Crippen LogP contribution in [0.25, 0.3) is 22.3 Å². The third-order valence-electron chi connectivity index (χ3n) is 7.42. The number of carboxylic acid groups (broad SMARTS) is 2. The van der Waals surface area contributed by atoms with Crippen molar-refractivity contribution in [3.63, 3.8) is 0 Å². The molecule has 0 saturated heterocycles. The molecule has 0 spiro atoms. The third kappa shape index (κ3) is 13.2. The summed E-state index contributed by atoms with van der Waals surface area (Å²) in [4.78, 5) is 24.3. The maximum Gasteiger partial charge on any atom is 0.335 e. The zero-order chi connectivity index (χ0) is 32.3. The van der Waals surface area contributed by atoms with Crippen LogP contribution in [0.5, 0.6) is 0 Å². The number of aromatic carboxylic acids is 2. The van der Waals surface area contributed by atoms with Crippen molar-refractivity contribution < 1.29 is 19.8 Å². The van der Waals surface area contributed by atoms with Crippen molar-refractivity contribution in [1.82, 2.24) is 0 Å². The summed E-state index contributed by atoms with van der Waals surface area (Å²) >= 11 is 3.81. The van der Waals surface area contributed by atoms with E-state index in [0.29, 0.717) is 11.1 Å². The van der Waals surface area contributed by atoms with Crippen LogP contribution in [-0.4, -0.2) is 33.7 Å². The predicted molar refractivity (Wildman–Crippen MR) is 192 cm³/mol. The van der Waals surface area contributed by atoms with Crippen molar-refractivity contribution in [3.05, 3.63) is 108 Å². The van der Waals surface area contributed by atoms with Gasteiger partial charge in [0.2, 0.25) is 0 Å². The molecule has 2 N–H and O–H groups in total. The molecule has 0 unspecified atom stereocenters. The molecule has 0 aliphatic carbocycles. The number of benzene rings is 4. The molecule has 0 bridgehead atoms. The van der Waals surface area contributed by atoms with Gasteiger partial charge in [-0.3, -0.25) is 0 Å². The first-order chi connectivity index (χ1) is 21.9. The minimum atomic E-state index is -0.888. The van der Waals surface area contributed by atoms with Crippen LogP contribution in [0, 0.1) is 0 Å². The molecule has 238 valence electrons. The number of carbonyl (C=O) groups is 2. The lowest BCUT2D eigenvalue weighted by molar-refractivity contribution is 0.0686. The van der Waals surface area contributed by atoms with Crippen LogP contribution in [0.15, 0.2) is 107 Å². The van der Waals surface area contributed by atoms with Crippen LogP contribution in [0.1, 0.15) is 92.4 Å². The van der Waals surface area contributed by atoms with E-state index in [4.69, 9.17) is 10.2 Å². The number of hydrogen-bond acceptors (Lipinski definition) is 4. The van der Waals surface area contributed by atoms with Gasteiger partial charge in [-0.2, -0.15) is 0 Å². The molecule has 0 saturated carbocycles. The van der Waals surface area contributed by atoms with Crippen molar-refractivity contribution >= 4 is 35.5 Å². The Morgan fingerprint density at radius 3 is 1.04 bits per heavy atom. The summed E-state index contributed by atoms with van der Waals surface area (Å²) in [6, 6.07) is 31.0. The Morgan fingerprint density at radius 1 is 0.444 bits per heavy atom. The average Bonchev–Trinajstić information content (AvgIpc) is 3.07. The van der Waals surface area contributed by atoms with Crippen LogP contribution >= 0.6 is 23.5 Å². The highest BCUT2D eigenvalue weighted by Crippen LogP contribution is 2.27. The molecule has 4 nitrogen and oxygen atoms in total. The quantitative estimate of drug-likeness (QED) is 0.0882. The van der Waals surface area contributed by atoms with Crippen molar-refractivity contribution in [3.8, 4) is 22.3 Å². The monoisotopic (exact) mass is 642 g/mol. The summed E-state index contributed by atoms with van der Waals surface area (Å²) in [6.07, 6.45) is 11.8. The molecule has 4 rings (SSSR count). The van der Waals surface area contributed by atoms with E-state index >= 15 is 0 Å². The van der Waals surface area contributed by atoms with Gasteiger partial charge >= 0.3 is 11.9 Å². The first-order valence-electron chi connectivity index (χ1n) is 16.0. The van der Waals surface area contributed by atoms with E-state index in [2.05, 4.69) is 62.4 Å². The van der Waals surface area contributed by atoms with Gasteiger partial charge in [0.1, 0.15) is 0 Å². The predicted octanol–water partition coefficient (Wildman–Crippen LogP) is 11.8. The van der Waals surface area contributed by atoms with Gasteiger partial charge in [0.25, 0.3) is 0 Å². The molecule has 4 aromatic carbocycles. The topological polar surface area (TPSA) is 74.6 Å². The van der Waals surface area contributed by atoms with Crippen LogP contribution < -0.4 is 0 Å². The molecule has 0 fully saturated rings. The Hall–Kier alpha value is -3.48. The summed E-state index contributed by atoms with van der Waals surface area (Å²) in [5, 5.41) is 17.8. The Bertz CT molecular complexity index is 1410. The fourth-order valence-corrected chi connectivity index (χ4v) is 6.54. The first-order valence-corrected chi connectivity index (χ1v) is 18.0. The Balaban J connectivity index is 0.000000246. The van der Waals surface area contributed by atoms with E-state index in [-0.39, 0.29) is 0 Å². The van der Waals surface area contributed by atoms with Gasteiger partial charge in [-0.1, -0.05) is 107 Å². The highest BCUT2D eigenvalue weighted by atomic mass is 32.2. The van der Waals surface area contributed by atoms with E-state index in [0.717, 1.165) is 22.3 Å². The first kappa shape index (κ1) is 36.0. The highest BCUT2D eigenvalue weighted by Gasteiger charge is 2.05. The van der Waals surface area contributed by atoms with E-state index in [9.17, 15) is 9.59 Å². The van der Waals surface area contributed by atoms with Crippen LogP contribution in [0.2, 0.25) is 0 Å². The van der Waals surface area contributed by atoms with Gasteiger partial charge in [0, 0.05) is 9.79 Å². The lowest BCUT2D eigenvalue weighted by Gasteiger charge is -2.05. The average molecular weight is 643 g/mol. The number of hydrogen-bond donors (Lipinski definition) is 2. The van der Waals surface area contributed by atoms with Gasteiger partial charge in [0.05, 0.1) is 11.1 Å². The van der Waals surface area contributed by atoms with Gasteiger partial charge in [-0.15, -0.1) is 23.5 Å². The highest BCUT2D eigenvalue weighted by molar-refractivity contribution is 7.99. The second kappa shape index (κ2) is 20.5. The minimum absolute atomic E-state index is 0.322. The summed E-state index contributed by atoms with van der Waals surface area (Å²) in [6.45, 7) is 4.47. The van der Waals surface area contributed by atoms with Crippen molar-refractivity contribution in [2.45, 2.75) is 81.4 Å². The second-order valence-electron chi connectivity index (χ2n) is 11.0. The maximum absolute atomic E-state index is 10.9. The molecular weight excluding hydrogens is 597 g/mol. The molecule has 0 atom stereocenters. The molecule has 6 heteroatoms. The minimum Gasteiger partial charge on any atom is -0.478 e. The van der Waals surface area contributed by atoms with Crippen molar-refractivity contribution in [2.24, 2.45) is 0 Å². The molecule has 45 heavy (non-hydrogen) atoms. The summed E-state index contributed by atoms with van der Waals surface area (Å²) in [5.74, 6) is 0.576. The molecule has 0 aliphatic heterocycles. The molecule has 4 aromatic rings. The summed E-state index contributed by atoms with van der Waals surface area (Å²) < 4.78 is 0. The molecule has 0 aromatic heterocycles. The fourth-order valence-electron chi connectivity index (χ4n) is 4.71. The molecule has 0 radical (unpaired) electrons. The zero-order valence-corrected chi connectivity index (χ0v) is 28.2. The van der Waals surface area contributed by atoms with E-state index in [1.54, 1.807) is 24.3 Å². The van der Waals surface area contributed by atoms with Gasteiger partial charge in [0.15, 0.2) is 0 Å². The van der Waals surface area contributed by atoms with Crippen LogP contribution in [-0.2, 0) is 0 Å². The van der Waals surface area contributed by atoms with E-state index in [1.165, 1.54) is 79.1 Å². The van der Waals surface area contributed by atoms with Gasteiger partial charge in [-0.05, 0) is 95.1 Å². The lowest BCUT2D eigenvalue weighted by Crippen LogP contribution is -1.94. The van der Waals surface area contributed by atoms with E-state index < -0.39 is 11.9 Å². The smallest absolute Gasteiger partial charge is 0.335 e. The SMILES string of the molecule is CCCCCCCSc1ccc(-c2ccc(C(=O)O)cc2)cc1.CCCCCCSc1ccc(-c2ccc(C(=O)O)cc2)cc1. The molecule has 0 heterocycles. The lowest BCUT2D eigenvalue weighted by atomic mass is 10.0. The van der Waals surface area contributed by atoms with Gasteiger partial charge < -0.3 is 10.2 Å². The molecular formula is C39H46O4S2. The normalized spacial score (nSPS) is 10.6. The number of unbranched alkanes of at least 4 members (excludes halogenated alkanes) is 7. The molecule has 0 aliphatic rings. The summed E-state index contributed by atoms with van der Waals surface area (Å²) in [5.41, 5.74) is 4.98. The standard InChI is InChI=1S/C20H24O2S.C19H22O2S/c1-2-3-4-5-6-15-23-19-13-11-17(12-14-19)16-7-9-18(10-8-16)20(21)22;1-2-3-4-5-14-22-18-12-10-16(11-13-18)15-6-8-17(9-7-15)19(20)21/h7-14H,2-6,15H2,1H3,(H,21,22);6-13H,2-5,14H2,1H3,(H,20,21). The fraction of sp³-hybridized carbons (Fsp3) is 0.333. The molecule has 0 amide bonds. The zero-order valence-electron chi connectivity index (χ0n) is 26.5. The van der Waals surface area contributed by atoms with Crippen molar-refractivity contribution in [2.75, 3.05) is 11.5 Å². The second-order valence-corrected chi connectivity index (χ2v) is 13.3. The van der Waals surface area contributed by atoms with Gasteiger partial charge in [-0.25, -0.2) is 9.59 Å². The third-order valence-corrected chi connectivity index (χ3v) is 9.62. The Morgan fingerprint density at radius 2 is 0.733 bits per heavy atom. The summed E-state index contributed by atoms with van der Waals surface area (Å²) in [7, 11) is 0. The van der Waals surface area contributed by atoms with Crippen LogP contribution in [0.4, 0.5) is 0 Å². The number of thioether (sulfide) groups is 2. The number of carboxylic acids is 2. The number of rotatable bonds is 17.